The number of ether oxygens (including phenoxy) is 1. The van der Waals surface area contributed by atoms with Gasteiger partial charge in [-0.25, -0.2) is 13.6 Å². The van der Waals surface area contributed by atoms with Crippen molar-refractivity contribution in [1.29, 1.82) is 0 Å². The van der Waals surface area contributed by atoms with E-state index < -0.39 is 17.2 Å². The Labute approximate surface area is 195 Å². The summed E-state index contributed by atoms with van der Waals surface area (Å²) in [6.07, 6.45) is 4.55. The average molecular weight is 466 g/mol. The number of anilines is 2. The van der Waals surface area contributed by atoms with Crippen molar-refractivity contribution in [3.63, 3.8) is 0 Å². The van der Waals surface area contributed by atoms with Crippen LogP contribution < -0.4 is 10.2 Å². The SMILES string of the molecule is Cc1cc(-c2cc(F)cc(F)c2)nnc1NC[C@H]1CC[C@]2(CC1)CN(c1cccnn1)C(=O)O2. The van der Waals surface area contributed by atoms with Crippen LogP contribution in [-0.2, 0) is 4.74 Å². The molecular formula is C24H24F2N6O2. The van der Waals surface area contributed by atoms with Gasteiger partial charge in [0, 0.05) is 24.4 Å². The van der Waals surface area contributed by atoms with Crippen LogP contribution in [0.15, 0.2) is 42.6 Å². The number of benzene rings is 1. The first-order chi connectivity index (χ1) is 16.4. The average Bonchev–Trinajstić information content (AvgIpc) is 3.15. The second-order valence-electron chi connectivity index (χ2n) is 8.96. The van der Waals surface area contributed by atoms with Gasteiger partial charge in [0.25, 0.3) is 0 Å². The lowest BCUT2D eigenvalue weighted by molar-refractivity contribution is 0.0148. The smallest absolute Gasteiger partial charge is 0.416 e. The molecule has 5 rings (SSSR count). The second-order valence-corrected chi connectivity index (χ2v) is 8.96. The van der Waals surface area contributed by atoms with Crippen molar-refractivity contribution >= 4 is 17.7 Å². The van der Waals surface area contributed by atoms with Crippen molar-refractivity contribution in [1.82, 2.24) is 20.4 Å². The number of carbonyl (C=O) groups excluding carboxylic acids is 1. The Hall–Kier alpha value is -3.69. The minimum atomic E-state index is -0.653. The highest BCUT2D eigenvalue weighted by atomic mass is 19.1. The zero-order valence-electron chi connectivity index (χ0n) is 18.7. The van der Waals surface area contributed by atoms with Crippen molar-refractivity contribution in [3.8, 4) is 11.3 Å². The van der Waals surface area contributed by atoms with E-state index in [1.54, 1.807) is 29.3 Å². The maximum atomic E-state index is 13.5. The molecule has 1 saturated carbocycles. The summed E-state index contributed by atoms with van der Waals surface area (Å²) in [5.41, 5.74) is 1.12. The molecule has 34 heavy (non-hydrogen) atoms. The van der Waals surface area contributed by atoms with Crippen molar-refractivity contribution < 1.29 is 18.3 Å². The minimum absolute atomic E-state index is 0.346. The van der Waals surface area contributed by atoms with E-state index in [0.717, 1.165) is 37.3 Å². The van der Waals surface area contributed by atoms with Gasteiger partial charge in [0.15, 0.2) is 11.6 Å². The van der Waals surface area contributed by atoms with Gasteiger partial charge in [-0.1, -0.05) is 0 Å². The number of nitrogens with one attached hydrogen (secondary N) is 1. The number of aromatic nitrogens is 4. The van der Waals surface area contributed by atoms with E-state index in [0.29, 0.717) is 41.9 Å². The zero-order chi connectivity index (χ0) is 23.7. The second kappa shape index (κ2) is 8.92. The summed E-state index contributed by atoms with van der Waals surface area (Å²) in [4.78, 5) is 14.0. The fraction of sp³-hybridized carbons (Fsp3) is 0.375. The number of nitrogens with zero attached hydrogens (tertiary/aromatic N) is 5. The van der Waals surface area contributed by atoms with E-state index in [1.165, 1.54) is 12.1 Å². The standard InChI is InChI=1S/C24H24F2N6O2/c1-15-9-20(17-10-18(25)12-19(26)11-17)29-31-22(15)27-13-16-4-6-24(7-5-16)14-32(23(33)34-24)21-3-2-8-28-30-21/h2-3,8-12,16H,4-7,13-14H2,1H3,(H,27,31)/t16-,24-. The molecule has 1 aliphatic carbocycles. The third-order valence-corrected chi connectivity index (χ3v) is 6.52. The Morgan fingerprint density at radius 1 is 1.12 bits per heavy atom. The Morgan fingerprint density at radius 3 is 2.56 bits per heavy atom. The van der Waals surface area contributed by atoms with Crippen LogP contribution in [0.25, 0.3) is 11.3 Å². The van der Waals surface area contributed by atoms with E-state index in [2.05, 4.69) is 25.7 Å². The molecule has 8 nitrogen and oxygen atoms in total. The van der Waals surface area contributed by atoms with Crippen LogP contribution in [-0.4, -0.2) is 45.2 Å². The van der Waals surface area contributed by atoms with Gasteiger partial charge in [0.1, 0.15) is 17.2 Å². The predicted octanol–water partition coefficient (Wildman–Crippen LogP) is 4.52. The summed E-state index contributed by atoms with van der Waals surface area (Å²) in [5, 5.41) is 19.6. The molecule has 10 heteroatoms. The quantitative estimate of drug-likeness (QED) is 0.591. The highest BCUT2D eigenvalue weighted by Crippen LogP contribution is 2.40. The predicted molar refractivity (Wildman–Crippen MR) is 121 cm³/mol. The fourth-order valence-corrected chi connectivity index (χ4v) is 4.65. The Balaban J connectivity index is 1.17. The lowest BCUT2D eigenvalue weighted by Crippen LogP contribution is -2.39. The number of hydrogen-bond acceptors (Lipinski definition) is 7. The van der Waals surface area contributed by atoms with Crippen LogP contribution in [0.3, 0.4) is 0 Å². The van der Waals surface area contributed by atoms with Crippen LogP contribution in [0.5, 0.6) is 0 Å². The summed E-state index contributed by atoms with van der Waals surface area (Å²) in [6, 6.07) is 8.56. The largest absolute Gasteiger partial charge is 0.441 e. The molecule has 3 heterocycles. The summed E-state index contributed by atoms with van der Waals surface area (Å²) >= 11 is 0. The molecule has 176 valence electrons. The van der Waals surface area contributed by atoms with Gasteiger partial charge in [-0.05, 0) is 74.4 Å². The maximum Gasteiger partial charge on any atom is 0.416 e. The monoisotopic (exact) mass is 466 g/mol. The summed E-state index contributed by atoms with van der Waals surface area (Å²) in [5.74, 6) is 0.237. The fourth-order valence-electron chi connectivity index (χ4n) is 4.65. The van der Waals surface area contributed by atoms with Gasteiger partial charge in [0.2, 0.25) is 0 Å². The number of rotatable bonds is 5. The molecule has 1 spiro atoms. The highest BCUT2D eigenvalue weighted by Gasteiger charge is 2.48. The molecule has 0 radical (unpaired) electrons. The summed E-state index contributed by atoms with van der Waals surface area (Å²) in [6.45, 7) is 3.07. The van der Waals surface area contributed by atoms with Gasteiger partial charge in [-0.3, -0.25) is 4.90 Å². The zero-order valence-corrected chi connectivity index (χ0v) is 18.7. The third-order valence-electron chi connectivity index (χ3n) is 6.52. The first-order valence-electron chi connectivity index (χ1n) is 11.2. The molecule has 2 fully saturated rings. The van der Waals surface area contributed by atoms with E-state index in [9.17, 15) is 13.6 Å². The summed E-state index contributed by atoms with van der Waals surface area (Å²) in [7, 11) is 0. The topological polar surface area (TPSA) is 93.1 Å². The molecule has 1 N–H and O–H groups in total. The normalized spacial score (nSPS) is 22.1. The first kappa shape index (κ1) is 22.1. The van der Waals surface area contributed by atoms with Crippen LogP contribution in [0.4, 0.5) is 25.2 Å². The van der Waals surface area contributed by atoms with Gasteiger partial charge in [0.05, 0.1) is 12.2 Å². The van der Waals surface area contributed by atoms with Crippen molar-refractivity contribution in [2.24, 2.45) is 5.92 Å². The summed E-state index contributed by atoms with van der Waals surface area (Å²) < 4.78 is 32.8. The first-order valence-corrected chi connectivity index (χ1v) is 11.2. The molecule has 2 aromatic heterocycles. The Bertz CT molecular complexity index is 1180. The van der Waals surface area contributed by atoms with E-state index in [4.69, 9.17) is 4.74 Å². The molecule has 3 aromatic rings. The molecule has 0 bridgehead atoms. The number of halogens is 2. The van der Waals surface area contributed by atoms with Crippen LogP contribution >= 0.6 is 0 Å². The van der Waals surface area contributed by atoms with Crippen LogP contribution in [0.2, 0.25) is 0 Å². The Morgan fingerprint density at radius 2 is 1.88 bits per heavy atom. The third kappa shape index (κ3) is 4.52. The molecule has 0 unspecified atom stereocenters. The van der Waals surface area contributed by atoms with E-state index >= 15 is 0 Å². The number of aryl methyl sites for hydroxylation is 1. The number of amides is 1. The van der Waals surface area contributed by atoms with E-state index in [-0.39, 0.29) is 6.09 Å². The van der Waals surface area contributed by atoms with E-state index in [1.807, 2.05) is 6.92 Å². The lowest BCUT2D eigenvalue weighted by Gasteiger charge is -2.35. The minimum Gasteiger partial charge on any atom is -0.441 e. The molecule has 0 atom stereocenters. The lowest BCUT2D eigenvalue weighted by atomic mass is 9.78. The van der Waals surface area contributed by atoms with Crippen molar-refractivity contribution in [2.75, 3.05) is 23.3 Å². The molecule has 1 amide bonds. The van der Waals surface area contributed by atoms with Crippen molar-refractivity contribution in [3.05, 3.63) is 59.8 Å². The van der Waals surface area contributed by atoms with Gasteiger partial charge in [-0.15, -0.1) is 15.3 Å². The maximum absolute atomic E-state index is 13.5. The van der Waals surface area contributed by atoms with Crippen LogP contribution in [0.1, 0.15) is 31.2 Å². The molecular weight excluding hydrogens is 442 g/mol. The van der Waals surface area contributed by atoms with Gasteiger partial charge >= 0.3 is 6.09 Å². The molecule has 1 aromatic carbocycles. The Kier molecular flexibility index (Phi) is 5.80. The van der Waals surface area contributed by atoms with Gasteiger partial charge in [-0.2, -0.15) is 5.10 Å². The van der Waals surface area contributed by atoms with Gasteiger partial charge < -0.3 is 10.1 Å². The molecule has 2 aliphatic rings. The molecule has 1 saturated heterocycles. The number of hydrogen-bond donors (Lipinski definition) is 1. The number of carbonyl (C=O) groups is 1. The highest BCUT2D eigenvalue weighted by molar-refractivity contribution is 5.89. The van der Waals surface area contributed by atoms with Crippen LogP contribution in [0, 0.1) is 24.5 Å². The van der Waals surface area contributed by atoms with Crippen molar-refractivity contribution in [2.45, 2.75) is 38.2 Å². The molecule has 1 aliphatic heterocycles.